The van der Waals surface area contributed by atoms with E-state index in [1.807, 2.05) is 0 Å². The quantitative estimate of drug-likeness (QED) is 0.440. The van der Waals surface area contributed by atoms with Gasteiger partial charge in [-0.05, 0) is 20.0 Å². The number of nitrogens with one attached hydrogen (secondary N) is 1. The monoisotopic (exact) mass is 176 g/mol. The van der Waals surface area contributed by atoms with Gasteiger partial charge in [0.15, 0.2) is 9.04 Å². The molecule has 11 heavy (non-hydrogen) atoms. The summed E-state index contributed by atoms with van der Waals surface area (Å²) in [5, 5.41) is 3.21. The zero-order chi connectivity index (χ0) is 8.69. The molecule has 0 aromatic rings. The van der Waals surface area contributed by atoms with Crippen molar-refractivity contribution in [2.45, 2.75) is 26.1 Å². The summed E-state index contributed by atoms with van der Waals surface area (Å²) in [6.45, 7) is 8.96. The summed E-state index contributed by atoms with van der Waals surface area (Å²) in [4.78, 5) is 0. The van der Waals surface area contributed by atoms with Crippen LogP contribution < -0.4 is 11.1 Å². The maximum atomic E-state index is 5.63. The van der Waals surface area contributed by atoms with Crippen molar-refractivity contribution < 1.29 is 4.43 Å². The summed E-state index contributed by atoms with van der Waals surface area (Å²) in [6, 6.07) is 0. The summed E-state index contributed by atoms with van der Waals surface area (Å²) in [5.74, 6) is 0. The predicted octanol–water partition coefficient (Wildman–Crippen LogP) is -0.0768. The van der Waals surface area contributed by atoms with Crippen LogP contribution in [0.25, 0.3) is 0 Å². The van der Waals surface area contributed by atoms with Crippen molar-refractivity contribution in [3.8, 4) is 0 Å². The lowest BCUT2D eigenvalue weighted by Crippen LogP contribution is -2.32. The van der Waals surface area contributed by atoms with Crippen LogP contribution >= 0.6 is 0 Å². The second-order valence-electron chi connectivity index (χ2n) is 2.99. The molecular formula is C7H20N2OSi. The van der Waals surface area contributed by atoms with E-state index < -0.39 is 9.04 Å². The van der Waals surface area contributed by atoms with E-state index in [1.165, 1.54) is 0 Å². The third kappa shape index (κ3) is 8.00. The van der Waals surface area contributed by atoms with E-state index in [-0.39, 0.29) is 0 Å². The summed E-state index contributed by atoms with van der Waals surface area (Å²) in [7, 11) is -0.851. The first kappa shape index (κ1) is 11.1. The molecule has 1 atom stereocenters. The van der Waals surface area contributed by atoms with E-state index in [0.29, 0.717) is 12.6 Å². The Morgan fingerprint density at radius 1 is 1.55 bits per heavy atom. The van der Waals surface area contributed by atoms with Crippen molar-refractivity contribution in [2.75, 3.05) is 19.6 Å². The smallest absolute Gasteiger partial charge is 0.171 e. The van der Waals surface area contributed by atoms with Crippen molar-refractivity contribution in [3.63, 3.8) is 0 Å². The van der Waals surface area contributed by atoms with Crippen LogP contribution in [0.5, 0.6) is 0 Å². The van der Waals surface area contributed by atoms with Crippen molar-refractivity contribution >= 4 is 9.04 Å². The average Bonchev–Trinajstić information content (AvgIpc) is 1.86. The number of hydrogen-bond acceptors (Lipinski definition) is 3. The van der Waals surface area contributed by atoms with Gasteiger partial charge in [0.2, 0.25) is 0 Å². The van der Waals surface area contributed by atoms with Gasteiger partial charge in [-0.15, -0.1) is 0 Å². The summed E-state index contributed by atoms with van der Waals surface area (Å²) >= 11 is 0. The van der Waals surface area contributed by atoms with Crippen LogP contribution in [0.4, 0.5) is 0 Å². The van der Waals surface area contributed by atoms with E-state index in [2.05, 4.69) is 25.3 Å². The highest BCUT2D eigenvalue weighted by Gasteiger charge is 2.03. The Morgan fingerprint density at radius 2 is 2.18 bits per heavy atom. The Balaban J connectivity index is 3.15. The van der Waals surface area contributed by atoms with Crippen LogP contribution in [-0.2, 0) is 4.43 Å². The third-order valence-electron chi connectivity index (χ3n) is 1.26. The van der Waals surface area contributed by atoms with Gasteiger partial charge in [-0.25, -0.2) is 0 Å². The molecule has 0 saturated carbocycles. The van der Waals surface area contributed by atoms with Gasteiger partial charge in [0.05, 0.1) is 6.10 Å². The first-order valence-corrected chi connectivity index (χ1v) is 7.01. The van der Waals surface area contributed by atoms with Gasteiger partial charge >= 0.3 is 0 Å². The molecule has 3 nitrogen and oxygen atoms in total. The molecule has 0 aromatic carbocycles. The van der Waals surface area contributed by atoms with Gasteiger partial charge in [-0.3, -0.25) is 0 Å². The lowest BCUT2D eigenvalue weighted by molar-refractivity contribution is 0.221. The maximum absolute atomic E-state index is 5.63. The Labute approximate surface area is 71.0 Å². The molecule has 0 amide bonds. The fraction of sp³-hybridized carbons (Fsp3) is 1.00. The van der Waals surface area contributed by atoms with Gasteiger partial charge in [0, 0.05) is 19.6 Å². The molecular weight excluding hydrogens is 156 g/mol. The highest BCUT2D eigenvalue weighted by Crippen LogP contribution is 1.92. The zero-order valence-corrected chi connectivity index (χ0v) is 8.92. The summed E-state index contributed by atoms with van der Waals surface area (Å²) in [6.07, 6.45) is 0.341. The number of nitrogens with two attached hydrogens (primary N) is 1. The number of hydrogen-bond donors (Lipinski definition) is 2. The Hall–Kier alpha value is 0.0969. The Morgan fingerprint density at radius 3 is 2.64 bits per heavy atom. The molecule has 0 spiro atoms. The second-order valence-corrected chi connectivity index (χ2v) is 5.36. The minimum Gasteiger partial charge on any atom is -0.417 e. The van der Waals surface area contributed by atoms with Crippen LogP contribution in [0.3, 0.4) is 0 Å². The van der Waals surface area contributed by atoms with Crippen molar-refractivity contribution in [1.82, 2.24) is 5.32 Å². The van der Waals surface area contributed by atoms with Crippen LogP contribution in [0, 0.1) is 0 Å². The van der Waals surface area contributed by atoms with E-state index in [1.54, 1.807) is 0 Å². The molecule has 0 aliphatic carbocycles. The Bertz CT molecular complexity index is 90.5. The molecule has 0 fully saturated rings. The van der Waals surface area contributed by atoms with E-state index in [4.69, 9.17) is 10.2 Å². The highest BCUT2D eigenvalue weighted by molar-refractivity contribution is 6.48. The maximum Gasteiger partial charge on any atom is 0.171 e. The van der Waals surface area contributed by atoms with Gasteiger partial charge in [-0.1, -0.05) is 0 Å². The van der Waals surface area contributed by atoms with E-state index in [0.717, 1.165) is 13.1 Å². The lowest BCUT2D eigenvalue weighted by Gasteiger charge is -2.15. The van der Waals surface area contributed by atoms with Crippen LogP contribution in [0.2, 0.25) is 13.1 Å². The summed E-state index contributed by atoms with van der Waals surface area (Å²) < 4.78 is 5.63. The SMILES string of the molecule is CC(CNCCN)O[SiH](C)C. The molecule has 4 heteroatoms. The number of rotatable bonds is 6. The van der Waals surface area contributed by atoms with Crippen LogP contribution in [0.15, 0.2) is 0 Å². The second kappa shape index (κ2) is 6.79. The molecule has 68 valence electrons. The van der Waals surface area contributed by atoms with E-state index in [9.17, 15) is 0 Å². The molecule has 3 N–H and O–H groups in total. The fourth-order valence-corrected chi connectivity index (χ4v) is 1.95. The van der Waals surface area contributed by atoms with Crippen LogP contribution in [0.1, 0.15) is 6.92 Å². The van der Waals surface area contributed by atoms with Gasteiger partial charge in [0.1, 0.15) is 0 Å². The zero-order valence-electron chi connectivity index (χ0n) is 7.76. The van der Waals surface area contributed by atoms with E-state index >= 15 is 0 Å². The average molecular weight is 176 g/mol. The van der Waals surface area contributed by atoms with Gasteiger partial charge < -0.3 is 15.5 Å². The molecule has 1 unspecified atom stereocenters. The standard InChI is InChI=1S/C7H20N2OSi/c1-7(10-11(2)3)6-9-5-4-8/h7,9,11H,4-6,8H2,1-3H3. The molecule has 0 aromatic heterocycles. The predicted molar refractivity (Wildman–Crippen MR) is 51.3 cm³/mol. The first-order chi connectivity index (χ1) is 5.16. The van der Waals surface area contributed by atoms with Gasteiger partial charge in [-0.2, -0.15) is 0 Å². The molecule has 0 heterocycles. The molecule has 0 aliphatic heterocycles. The molecule has 0 radical (unpaired) electrons. The molecule has 0 rings (SSSR count). The largest absolute Gasteiger partial charge is 0.417 e. The molecule has 0 bridgehead atoms. The van der Waals surface area contributed by atoms with Crippen molar-refractivity contribution in [2.24, 2.45) is 5.73 Å². The fourth-order valence-electron chi connectivity index (χ4n) is 0.920. The molecule has 0 aliphatic rings. The Kier molecular flexibility index (Phi) is 6.85. The normalized spacial score (nSPS) is 13.9. The molecule has 0 saturated heterocycles. The topological polar surface area (TPSA) is 47.3 Å². The summed E-state index contributed by atoms with van der Waals surface area (Å²) in [5.41, 5.74) is 5.32. The highest BCUT2D eigenvalue weighted by atomic mass is 28.3. The van der Waals surface area contributed by atoms with Gasteiger partial charge in [0.25, 0.3) is 0 Å². The van der Waals surface area contributed by atoms with Crippen LogP contribution in [-0.4, -0.2) is 34.8 Å². The lowest BCUT2D eigenvalue weighted by atomic mass is 10.4. The van der Waals surface area contributed by atoms with Crippen molar-refractivity contribution in [1.29, 1.82) is 0 Å². The van der Waals surface area contributed by atoms with Crippen molar-refractivity contribution in [3.05, 3.63) is 0 Å². The minimum absolute atomic E-state index is 0.341. The first-order valence-electron chi connectivity index (χ1n) is 4.23. The third-order valence-corrected chi connectivity index (χ3v) is 2.27. The minimum atomic E-state index is -0.851.